The van der Waals surface area contributed by atoms with Gasteiger partial charge in [0.15, 0.2) is 0 Å². The molecule has 1 aromatic heterocycles. The van der Waals surface area contributed by atoms with E-state index in [1.807, 2.05) is 17.5 Å². The quantitative estimate of drug-likeness (QED) is 0.466. The predicted molar refractivity (Wildman–Crippen MR) is 101 cm³/mol. The summed E-state index contributed by atoms with van der Waals surface area (Å²) in [7, 11) is 0. The Bertz CT molecular complexity index is 569. The summed E-state index contributed by atoms with van der Waals surface area (Å²) in [6.45, 7) is 1.06. The number of amides is 2. The maximum atomic E-state index is 11.9. The molecule has 5 nitrogen and oxygen atoms in total. The SMILES string of the molecule is O=C(NCCC1=CCCCC1)C(=O)NCC[C@H](CCO)c1cccs1. The molecule has 0 saturated carbocycles. The predicted octanol–water partition coefficient (Wildman–Crippen LogP) is 2.73. The highest BCUT2D eigenvalue weighted by Gasteiger charge is 2.16. The minimum absolute atomic E-state index is 0.118. The molecule has 0 saturated heterocycles. The van der Waals surface area contributed by atoms with Crippen molar-refractivity contribution in [3.05, 3.63) is 34.0 Å². The molecule has 25 heavy (non-hydrogen) atoms. The lowest BCUT2D eigenvalue weighted by atomic mass is 9.97. The number of aliphatic hydroxyl groups is 1. The van der Waals surface area contributed by atoms with Gasteiger partial charge in [-0.15, -0.1) is 11.3 Å². The molecule has 1 aromatic rings. The van der Waals surface area contributed by atoms with Gasteiger partial charge in [0.2, 0.25) is 0 Å². The molecule has 2 rings (SSSR count). The van der Waals surface area contributed by atoms with Crippen molar-refractivity contribution in [2.75, 3.05) is 19.7 Å². The second-order valence-electron chi connectivity index (χ2n) is 6.38. The van der Waals surface area contributed by atoms with Crippen molar-refractivity contribution in [1.82, 2.24) is 10.6 Å². The molecular formula is C19H28N2O3S. The minimum Gasteiger partial charge on any atom is -0.396 e. The van der Waals surface area contributed by atoms with Gasteiger partial charge in [-0.3, -0.25) is 9.59 Å². The van der Waals surface area contributed by atoms with Crippen molar-refractivity contribution >= 4 is 23.2 Å². The first-order valence-corrected chi connectivity index (χ1v) is 9.97. The summed E-state index contributed by atoms with van der Waals surface area (Å²) in [6.07, 6.45) is 9.17. The zero-order chi connectivity index (χ0) is 17.9. The lowest BCUT2D eigenvalue weighted by Gasteiger charge is -2.15. The smallest absolute Gasteiger partial charge is 0.309 e. The third-order valence-corrected chi connectivity index (χ3v) is 5.56. The van der Waals surface area contributed by atoms with Crippen LogP contribution in [0.3, 0.4) is 0 Å². The van der Waals surface area contributed by atoms with E-state index in [1.165, 1.54) is 23.3 Å². The summed E-state index contributed by atoms with van der Waals surface area (Å²) < 4.78 is 0. The van der Waals surface area contributed by atoms with Crippen LogP contribution in [0.4, 0.5) is 0 Å². The molecular weight excluding hydrogens is 336 g/mol. The Morgan fingerprint density at radius 3 is 2.60 bits per heavy atom. The summed E-state index contributed by atoms with van der Waals surface area (Å²) in [5.74, 6) is -0.926. The van der Waals surface area contributed by atoms with E-state index >= 15 is 0 Å². The largest absolute Gasteiger partial charge is 0.396 e. The molecule has 0 unspecified atom stereocenters. The van der Waals surface area contributed by atoms with Gasteiger partial charge in [-0.2, -0.15) is 0 Å². The van der Waals surface area contributed by atoms with Gasteiger partial charge in [0, 0.05) is 24.6 Å². The van der Waals surface area contributed by atoms with E-state index in [9.17, 15) is 14.7 Å². The number of nitrogens with one attached hydrogen (secondary N) is 2. The van der Waals surface area contributed by atoms with Gasteiger partial charge in [0.1, 0.15) is 0 Å². The Hall–Kier alpha value is -1.66. The summed E-state index contributed by atoms with van der Waals surface area (Å²) >= 11 is 1.65. The molecule has 0 bridgehead atoms. The number of thiophene rings is 1. The number of hydrogen-bond donors (Lipinski definition) is 3. The number of aliphatic hydroxyl groups excluding tert-OH is 1. The molecule has 0 aliphatic heterocycles. The molecule has 1 heterocycles. The van der Waals surface area contributed by atoms with E-state index in [0.717, 1.165) is 19.3 Å². The van der Waals surface area contributed by atoms with Crippen molar-refractivity contribution in [3.8, 4) is 0 Å². The van der Waals surface area contributed by atoms with E-state index < -0.39 is 11.8 Å². The number of hydrogen-bond acceptors (Lipinski definition) is 4. The average Bonchev–Trinajstić information content (AvgIpc) is 3.16. The molecule has 1 atom stereocenters. The zero-order valence-corrected chi connectivity index (χ0v) is 15.4. The van der Waals surface area contributed by atoms with Crippen LogP contribution in [0.15, 0.2) is 29.2 Å². The first kappa shape index (κ1) is 19.7. The van der Waals surface area contributed by atoms with Crippen LogP contribution in [-0.2, 0) is 9.59 Å². The highest BCUT2D eigenvalue weighted by molar-refractivity contribution is 7.10. The fourth-order valence-corrected chi connectivity index (χ4v) is 4.00. The number of carbonyl (C=O) groups excluding carboxylic acids is 2. The highest BCUT2D eigenvalue weighted by Crippen LogP contribution is 2.26. The summed E-state index contributed by atoms with van der Waals surface area (Å²) in [5, 5.41) is 16.6. The molecule has 1 aliphatic carbocycles. The Labute approximate surface area is 153 Å². The fourth-order valence-electron chi connectivity index (χ4n) is 3.10. The van der Waals surface area contributed by atoms with Crippen molar-refractivity contribution in [3.63, 3.8) is 0 Å². The molecule has 0 fully saturated rings. The second-order valence-corrected chi connectivity index (χ2v) is 7.36. The average molecular weight is 365 g/mol. The third kappa shape index (κ3) is 7.00. The number of rotatable bonds is 9. The molecule has 0 spiro atoms. The lowest BCUT2D eigenvalue weighted by molar-refractivity contribution is -0.139. The van der Waals surface area contributed by atoms with Crippen molar-refractivity contribution in [2.45, 2.75) is 50.9 Å². The van der Waals surface area contributed by atoms with Crippen LogP contribution in [0, 0.1) is 0 Å². The molecule has 2 amide bonds. The third-order valence-electron chi connectivity index (χ3n) is 4.52. The molecule has 138 valence electrons. The Morgan fingerprint density at radius 2 is 1.96 bits per heavy atom. The molecule has 1 aliphatic rings. The second kappa shape index (κ2) is 11.1. The summed E-state index contributed by atoms with van der Waals surface area (Å²) in [6, 6.07) is 4.03. The van der Waals surface area contributed by atoms with Crippen LogP contribution >= 0.6 is 11.3 Å². The van der Waals surface area contributed by atoms with Crippen molar-refractivity contribution < 1.29 is 14.7 Å². The van der Waals surface area contributed by atoms with Crippen LogP contribution in [-0.4, -0.2) is 36.6 Å². The van der Waals surface area contributed by atoms with Crippen LogP contribution < -0.4 is 10.6 Å². The first-order chi connectivity index (χ1) is 12.2. The van der Waals surface area contributed by atoms with Gasteiger partial charge < -0.3 is 15.7 Å². The highest BCUT2D eigenvalue weighted by atomic mass is 32.1. The topological polar surface area (TPSA) is 78.4 Å². The molecule has 0 aromatic carbocycles. The Morgan fingerprint density at radius 1 is 1.16 bits per heavy atom. The van der Waals surface area contributed by atoms with E-state index in [2.05, 4.69) is 16.7 Å². The maximum Gasteiger partial charge on any atom is 0.309 e. The molecule has 6 heteroatoms. The monoisotopic (exact) mass is 364 g/mol. The Kier molecular flexibility index (Phi) is 8.69. The fraction of sp³-hybridized carbons (Fsp3) is 0.579. The summed E-state index contributed by atoms with van der Waals surface area (Å²) in [5.41, 5.74) is 1.38. The number of allylic oxidation sites excluding steroid dienone is 1. The van der Waals surface area contributed by atoms with Gasteiger partial charge >= 0.3 is 11.8 Å². The zero-order valence-electron chi connectivity index (χ0n) is 14.6. The van der Waals surface area contributed by atoms with E-state index in [4.69, 9.17) is 0 Å². The van der Waals surface area contributed by atoms with Gasteiger partial charge in [0.25, 0.3) is 0 Å². The van der Waals surface area contributed by atoms with Gasteiger partial charge in [-0.1, -0.05) is 17.7 Å². The van der Waals surface area contributed by atoms with Gasteiger partial charge in [-0.05, 0) is 62.3 Å². The van der Waals surface area contributed by atoms with Crippen LogP contribution in [0.2, 0.25) is 0 Å². The van der Waals surface area contributed by atoms with Crippen LogP contribution in [0.25, 0.3) is 0 Å². The Balaban J connectivity index is 1.64. The van der Waals surface area contributed by atoms with Crippen LogP contribution in [0.5, 0.6) is 0 Å². The molecule has 0 radical (unpaired) electrons. The van der Waals surface area contributed by atoms with Gasteiger partial charge in [0.05, 0.1) is 0 Å². The van der Waals surface area contributed by atoms with Gasteiger partial charge in [-0.25, -0.2) is 0 Å². The van der Waals surface area contributed by atoms with Crippen LogP contribution in [0.1, 0.15) is 55.7 Å². The standard InChI is InChI=1S/C19H28N2O3S/c22-13-10-16(17-7-4-14-25-17)9-12-21-19(24)18(23)20-11-8-15-5-2-1-3-6-15/h4-5,7,14,16,22H,1-3,6,8-13H2,(H,20,23)(H,21,24)/t16-/m1/s1. The molecule has 3 N–H and O–H groups in total. The maximum absolute atomic E-state index is 11.9. The lowest BCUT2D eigenvalue weighted by Crippen LogP contribution is -2.40. The normalized spacial score (nSPS) is 15.3. The van der Waals surface area contributed by atoms with E-state index in [0.29, 0.717) is 25.9 Å². The van der Waals surface area contributed by atoms with E-state index in [-0.39, 0.29) is 12.5 Å². The number of carbonyl (C=O) groups is 2. The summed E-state index contributed by atoms with van der Waals surface area (Å²) in [4.78, 5) is 24.9. The van der Waals surface area contributed by atoms with Crippen molar-refractivity contribution in [1.29, 1.82) is 0 Å². The minimum atomic E-state index is -0.577. The van der Waals surface area contributed by atoms with Crippen molar-refractivity contribution in [2.24, 2.45) is 0 Å². The van der Waals surface area contributed by atoms with E-state index in [1.54, 1.807) is 11.3 Å². The first-order valence-electron chi connectivity index (χ1n) is 9.09.